The Kier molecular flexibility index (Phi) is 6.38. The van der Waals surface area contributed by atoms with Crippen molar-refractivity contribution < 1.29 is 4.79 Å². The summed E-state index contributed by atoms with van der Waals surface area (Å²) < 4.78 is 0. The van der Waals surface area contributed by atoms with Crippen molar-refractivity contribution in [2.75, 3.05) is 38.1 Å². The van der Waals surface area contributed by atoms with Crippen LogP contribution in [0.2, 0.25) is 0 Å². The Morgan fingerprint density at radius 3 is 2.49 bits per heavy atom. The van der Waals surface area contributed by atoms with Gasteiger partial charge in [-0.2, -0.15) is 5.26 Å². The normalized spacial score (nSPS) is 20.7. The molecule has 6 heteroatoms. The first kappa shape index (κ1) is 25.8. The molecule has 0 bridgehead atoms. The number of piperazine rings is 1. The van der Waals surface area contributed by atoms with Crippen LogP contribution in [0.3, 0.4) is 0 Å². The van der Waals surface area contributed by atoms with E-state index >= 15 is 0 Å². The molecule has 202 valence electrons. The molecular formula is C33H39N5O. The third kappa shape index (κ3) is 4.02. The molecule has 0 spiro atoms. The number of carbonyl (C=O) groups is 1. The minimum atomic E-state index is -0.341. The molecule has 3 aromatic rings. The smallest absolute Gasteiger partial charge is 0.195 e. The second-order valence-electron chi connectivity index (χ2n) is 12.1. The van der Waals surface area contributed by atoms with Gasteiger partial charge in [0.25, 0.3) is 0 Å². The van der Waals surface area contributed by atoms with Crippen LogP contribution in [-0.2, 0) is 11.8 Å². The van der Waals surface area contributed by atoms with Crippen molar-refractivity contribution in [2.24, 2.45) is 4.99 Å². The molecule has 1 aromatic heterocycles. The van der Waals surface area contributed by atoms with Crippen molar-refractivity contribution in [2.45, 2.75) is 70.3 Å². The molecule has 1 aliphatic heterocycles. The number of nitrogens with one attached hydrogen (secondary N) is 1. The van der Waals surface area contributed by atoms with Crippen LogP contribution in [0.25, 0.3) is 10.9 Å². The highest BCUT2D eigenvalue weighted by molar-refractivity contribution is 6.20. The van der Waals surface area contributed by atoms with E-state index in [1.54, 1.807) is 7.05 Å². The molecule has 0 atom stereocenters. The van der Waals surface area contributed by atoms with Gasteiger partial charge in [-0.05, 0) is 54.2 Å². The number of anilines is 1. The summed E-state index contributed by atoms with van der Waals surface area (Å²) in [5, 5.41) is 11.1. The molecule has 1 saturated heterocycles. The van der Waals surface area contributed by atoms with Crippen LogP contribution in [0.4, 0.5) is 5.69 Å². The van der Waals surface area contributed by atoms with Crippen LogP contribution in [0.5, 0.6) is 0 Å². The van der Waals surface area contributed by atoms with Crippen LogP contribution in [-0.4, -0.2) is 60.6 Å². The van der Waals surface area contributed by atoms with Gasteiger partial charge >= 0.3 is 0 Å². The number of fused-ring (bicyclic) bond motifs is 4. The molecule has 39 heavy (non-hydrogen) atoms. The highest BCUT2D eigenvalue weighted by Gasteiger charge is 2.42. The van der Waals surface area contributed by atoms with Crippen LogP contribution < -0.4 is 4.90 Å². The summed E-state index contributed by atoms with van der Waals surface area (Å²) in [6.07, 6.45) is 8.28. The average molecular weight is 522 g/mol. The predicted octanol–water partition coefficient (Wildman–Crippen LogP) is 6.00. The van der Waals surface area contributed by atoms with Crippen LogP contribution in [0.15, 0.2) is 35.3 Å². The summed E-state index contributed by atoms with van der Waals surface area (Å²) in [5.41, 5.74) is 7.57. The van der Waals surface area contributed by atoms with E-state index in [0.717, 1.165) is 97.1 Å². The molecular weight excluding hydrogens is 482 g/mol. The molecule has 1 saturated carbocycles. The zero-order valence-corrected chi connectivity index (χ0v) is 23.7. The standard InChI is InChI=1S/C33H39N5O/c1-5-23-18-25-26(19-28(23)37-13-15-38(16-14-37)33(21-34)11-7-6-8-12-33)32(2,3)31-29(30(25)39)24-10-9-22(20-35-4)17-27(24)36-31/h9-10,17-20,36H,5-8,11-16H2,1-4H3/b35-20+. The third-order valence-electron chi connectivity index (χ3n) is 9.59. The van der Waals surface area contributed by atoms with Gasteiger partial charge in [-0.3, -0.25) is 14.7 Å². The van der Waals surface area contributed by atoms with E-state index in [-0.39, 0.29) is 16.7 Å². The molecule has 0 radical (unpaired) electrons. The van der Waals surface area contributed by atoms with E-state index in [1.807, 2.05) is 12.3 Å². The minimum Gasteiger partial charge on any atom is -0.369 e. The number of aromatic amines is 1. The highest BCUT2D eigenvalue weighted by Crippen LogP contribution is 2.46. The number of H-pyrrole nitrogens is 1. The number of aromatic nitrogens is 1. The van der Waals surface area contributed by atoms with Gasteiger partial charge in [0.15, 0.2) is 5.78 Å². The predicted molar refractivity (Wildman–Crippen MR) is 158 cm³/mol. The fourth-order valence-corrected chi connectivity index (χ4v) is 7.34. The monoisotopic (exact) mass is 521 g/mol. The number of rotatable bonds is 4. The Bertz CT molecular complexity index is 1510. The Hall–Kier alpha value is -3.43. The van der Waals surface area contributed by atoms with E-state index in [2.05, 4.69) is 70.9 Å². The first-order chi connectivity index (χ1) is 18.8. The Labute approximate surface area is 231 Å². The summed E-state index contributed by atoms with van der Waals surface area (Å²) in [6, 6.07) is 13.3. The van der Waals surface area contributed by atoms with Crippen LogP contribution in [0, 0.1) is 11.3 Å². The topological polar surface area (TPSA) is 75.5 Å². The maximum absolute atomic E-state index is 14.0. The summed E-state index contributed by atoms with van der Waals surface area (Å²) >= 11 is 0. The van der Waals surface area contributed by atoms with Gasteiger partial charge in [0.1, 0.15) is 5.54 Å². The molecule has 2 heterocycles. The van der Waals surface area contributed by atoms with Crippen LogP contribution in [0.1, 0.15) is 91.2 Å². The maximum Gasteiger partial charge on any atom is 0.195 e. The van der Waals surface area contributed by atoms with Crippen molar-refractivity contribution >= 4 is 28.6 Å². The highest BCUT2D eigenvalue weighted by atomic mass is 16.1. The quantitative estimate of drug-likeness (QED) is 0.428. The summed E-state index contributed by atoms with van der Waals surface area (Å²) in [4.78, 5) is 26.7. The van der Waals surface area contributed by atoms with Gasteiger partial charge in [-0.15, -0.1) is 0 Å². The zero-order valence-electron chi connectivity index (χ0n) is 23.7. The first-order valence-electron chi connectivity index (χ1n) is 14.5. The lowest BCUT2D eigenvalue weighted by molar-refractivity contribution is 0.0912. The van der Waals surface area contributed by atoms with E-state index in [4.69, 9.17) is 0 Å². The van der Waals surface area contributed by atoms with Gasteiger partial charge in [0, 0.05) is 72.7 Å². The zero-order chi connectivity index (χ0) is 27.4. The molecule has 2 aromatic carbocycles. The van der Waals surface area contributed by atoms with Gasteiger partial charge in [-0.25, -0.2) is 0 Å². The van der Waals surface area contributed by atoms with Crippen molar-refractivity contribution in [3.05, 3.63) is 63.8 Å². The Balaban J connectivity index is 1.36. The minimum absolute atomic E-state index is 0.113. The molecule has 6 rings (SSSR count). The molecule has 2 aliphatic carbocycles. The summed E-state index contributed by atoms with van der Waals surface area (Å²) in [6.45, 7) is 10.3. The fraction of sp³-hybridized carbons (Fsp3) is 0.485. The molecule has 1 N–H and O–H groups in total. The largest absolute Gasteiger partial charge is 0.369 e. The van der Waals surface area contributed by atoms with Gasteiger partial charge in [-0.1, -0.05) is 52.2 Å². The number of hydrogen-bond acceptors (Lipinski definition) is 5. The third-order valence-corrected chi connectivity index (χ3v) is 9.59. The van der Waals surface area contributed by atoms with Crippen LogP contribution >= 0.6 is 0 Å². The second-order valence-corrected chi connectivity index (χ2v) is 12.1. The number of benzene rings is 2. The first-order valence-corrected chi connectivity index (χ1v) is 14.5. The number of nitrogens with zero attached hydrogens (tertiary/aromatic N) is 4. The van der Waals surface area contributed by atoms with Crippen molar-refractivity contribution in [3.8, 4) is 6.07 Å². The number of hydrogen-bond donors (Lipinski definition) is 1. The Morgan fingerprint density at radius 1 is 1.08 bits per heavy atom. The number of ketones is 1. The van der Waals surface area contributed by atoms with Gasteiger partial charge in [0.2, 0.25) is 0 Å². The fourth-order valence-electron chi connectivity index (χ4n) is 7.34. The van der Waals surface area contributed by atoms with Crippen molar-refractivity contribution in [3.63, 3.8) is 0 Å². The number of carbonyl (C=O) groups excluding carboxylic acids is 1. The lowest BCUT2D eigenvalue weighted by Gasteiger charge is -2.46. The lowest BCUT2D eigenvalue weighted by Crippen LogP contribution is -2.57. The van der Waals surface area contributed by atoms with E-state index in [9.17, 15) is 10.1 Å². The molecule has 6 nitrogen and oxygen atoms in total. The van der Waals surface area contributed by atoms with E-state index in [0.29, 0.717) is 0 Å². The number of nitriles is 1. The SMILES string of the molecule is CCc1cc2c(cc1N1CCN(C3(C#N)CCCCC3)CC1)C(C)(C)c1[nH]c3cc(/C=N/C)ccc3c1C2=O. The molecule has 3 aliphatic rings. The van der Waals surface area contributed by atoms with Gasteiger partial charge < -0.3 is 9.88 Å². The van der Waals surface area contributed by atoms with E-state index in [1.165, 1.54) is 17.7 Å². The van der Waals surface area contributed by atoms with Crippen molar-refractivity contribution in [1.82, 2.24) is 9.88 Å². The Morgan fingerprint density at radius 2 is 1.82 bits per heavy atom. The molecule has 0 unspecified atom stereocenters. The van der Waals surface area contributed by atoms with E-state index < -0.39 is 0 Å². The second kappa shape index (κ2) is 9.64. The number of aryl methyl sites for hydroxylation is 1. The average Bonchev–Trinajstić information content (AvgIpc) is 3.36. The molecule has 0 amide bonds. The number of aliphatic imine (C=N–C) groups is 1. The van der Waals surface area contributed by atoms with Crippen molar-refractivity contribution in [1.29, 1.82) is 5.26 Å². The maximum atomic E-state index is 14.0. The molecule has 2 fully saturated rings. The van der Waals surface area contributed by atoms with Gasteiger partial charge in [0.05, 0.1) is 11.6 Å². The lowest BCUT2D eigenvalue weighted by atomic mass is 9.70. The summed E-state index contributed by atoms with van der Waals surface area (Å²) in [5.74, 6) is 0.113. The summed E-state index contributed by atoms with van der Waals surface area (Å²) in [7, 11) is 1.77.